The molecule has 0 radical (unpaired) electrons. The number of esters is 1. The van der Waals surface area contributed by atoms with Crippen LogP contribution in [0.4, 0.5) is 0 Å². The number of hydrogen-bond acceptors (Lipinski definition) is 9. The molecule has 3 unspecified atom stereocenters. The molecule has 0 saturated heterocycles. The molecule has 3 atom stereocenters. The largest absolute Gasteiger partial charge is 0.479 e. The molecule has 0 heterocycles. The zero-order valence-electron chi connectivity index (χ0n) is 8.42. The highest BCUT2D eigenvalue weighted by molar-refractivity contribution is 8.77. The molecule has 0 fully saturated rings. The van der Waals surface area contributed by atoms with Crippen molar-refractivity contribution in [3.05, 3.63) is 0 Å². The second-order valence-corrected chi connectivity index (χ2v) is 5.13. The second-order valence-electron chi connectivity index (χ2n) is 2.70. The van der Waals surface area contributed by atoms with E-state index in [1.54, 1.807) is 0 Å². The van der Waals surface area contributed by atoms with Gasteiger partial charge in [0.05, 0.1) is 6.61 Å². The van der Waals surface area contributed by atoms with E-state index in [1.165, 1.54) is 0 Å². The van der Waals surface area contributed by atoms with Gasteiger partial charge in [-0.15, -0.1) is 0 Å². The zero-order valence-corrected chi connectivity index (χ0v) is 10.1. The van der Waals surface area contributed by atoms with E-state index < -0.39 is 42.1 Å². The normalized spacial score (nSPS) is 16.0. The van der Waals surface area contributed by atoms with E-state index in [0.29, 0.717) is 21.6 Å². The summed E-state index contributed by atoms with van der Waals surface area (Å²) >= 11 is 0. The van der Waals surface area contributed by atoms with Crippen molar-refractivity contribution in [1.82, 2.24) is 0 Å². The van der Waals surface area contributed by atoms with Gasteiger partial charge in [0.25, 0.3) is 0 Å². The van der Waals surface area contributed by atoms with Crippen LogP contribution in [0, 0.1) is 0 Å². The van der Waals surface area contributed by atoms with Crippen LogP contribution in [0.15, 0.2) is 0 Å². The Morgan fingerprint density at radius 1 is 1.12 bits per heavy atom. The van der Waals surface area contributed by atoms with Crippen molar-refractivity contribution in [3.63, 3.8) is 0 Å². The SMILES string of the molecule is O=C(O)C(O)SSC(O)C(=O)OCC(O)CO. The van der Waals surface area contributed by atoms with E-state index in [2.05, 4.69) is 4.74 Å². The van der Waals surface area contributed by atoms with Gasteiger partial charge in [0.15, 0.2) is 0 Å². The maximum Gasteiger partial charge on any atom is 0.346 e. The molecule has 0 aliphatic heterocycles. The summed E-state index contributed by atoms with van der Waals surface area (Å²) in [6.45, 7) is -1.08. The van der Waals surface area contributed by atoms with Gasteiger partial charge in [-0.2, -0.15) is 0 Å². The van der Waals surface area contributed by atoms with Crippen LogP contribution in [-0.2, 0) is 14.3 Å². The molecule has 8 nitrogen and oxygen atoms in total. The first-order chi connectivity index (χ1) is 7.88. The highest BCUT2D eigenvalue weighted by Crippen LogP contribution is 2.29. The van der Waals surface area contributed by atoms with Crippen LogP contribution in [-0.4, -0.2) is 67.7 Å². The van der Waals surface area contributed by atoms with Crippen LogP contribution in [0.2, 0.25) is 0 Å². The molecule has 0 aliphatic carbocycles. The van der Waals surface area contributed by atoms with Gasteiger partial charge in [-0.05, 0) is 21.6 Å². The van der Waals surface area contributed by atoms with Gasteiger partial charge in [-0.25, -0.2) is 9.59 Å². The number of aliphatic hydroxyl groups excluding tert-OH is 4. The van der Waals surface area contributed by atoms with Gasteiger partial charge in [0.1, 0.15) is 12.7 Å². The van der Waals surface area contributed by atoms with Crippen molar-refractivity contribution < 1.29 is 39.9 Å². The number of carbonyl (C=O) groups is 2. The molecule has 0 amide bonds. The van der Waals surface area contributed by atoms with Crippen LogP contribution >= 0.6 is 21.6 Å². The number of carboxylic acids is 1. The number of aliphatic carboxylic acids is 1. The van der Waals surface area contributed by atoms with Gasteiger partial charge in [0, 0.05) is 0 Å². The Morgan fingerprint density at radius 3 is 2.12 bits per heavy atom. The van der Waals surface area contributed by atoms with E-state index in [1.807, 2.05) is 0 Å². The Morgan fingerprint density at radius 2 is 1.65 bits per heavy atom. The van der Waals surface area contributed by atoms with Crippen molar-refractivity contribution in [1.29, 1.82) is 0 Å². The predicted octanol–water partition coefficient (Wildman–Crippen LogP) is -2.01. The number of ether oxygens (including phenoxy) is 1. The van der Waals surface area contributed by atoms with Crippen LogP contribution < -0.4 is 0 Å². The fourth-order valence-electron chi connectivity index (χ4n) is 0.488. The third-order valence-electron chi connectivity index (χ3n) is 1.28. The Labute approximate surface area is 104 Å². The minimum Gasteiger partial charge on any atom is -0.479 e. The van der Waals surface area contributed by atoms with E-state index in [9.17, 15) is 9.59 Å². The number of aliphatic hydroxyl groups is 4. The lowest BCUT2D eigenvalue weighted by Gasteiger charge is -2.12. The summed E-state index contributed by atoms with van der Waals surface area (Å²) in [6.07, 6.45) is -1.24. The number of carboxylic acid groups (broad SMARTS) is 1. The summed E-state index contributed by atoms with van der Waals surface area (Å²) in [7, 11) is 0.774. The van der Waals surface area contributed by atoms with Crippen LogP contribution in [0.3, 0.4) is 0 Å². The van der Waals surface area contributed by atoms with Gasteiger partial charge in [-0.1, -0.05) is 0 Å². The molecule has 0 bridgehead atoms. The molecule has 0 aliphatic rings. The minimum absolute atomic E-state index is 0.371. The summed E-state index contributed by atoms with van der Waals surface area (Å²) in [4.78, 5) is 21.2. The lowest BCUT2D eigenvalue weighted by atomic mass is 10.4. The number of rotatable bonds is 8. The van der Waals surface area contributed by atoms with Crippen molar-refractivity contribution in [2.75, 3.05) is 13.2 Å². The maximum atomic E-state index is 11.0. The summed E-state index contributed by atoms with van der Waals surface area (Å²) in [5, 5.41) is 43.5. The second kappa shape index (κ2) is 8.55. The van der Waals surface area contributed by atoms with E-state index in [0.717, 1.165) is 0 Å². The molecule has 10 heteroatoms. The third kappa shape index (κ3) is 7.41. The fourth-order valence-corrected chi connectivity index (χ4v) is 2.04. The van der Waals surface area contributed by atoms with Crippen molar-refractivity contribution in [2.45, 2.75) is 17.0 Å². The molecule has 0 saturated carbocycles. The van der Waals surface area contributed by atoms with Crippen LogP contribution in [0.1, 0.15) is 0 Å². The lowest BCUT2D eigenvalue weighted by molar-refractivity contribution is -0.152. The smallest absolute Gasteiger partial charge is 0.346 e. The quantitative estimate of drug-likeness (QED) is 0.193. The molecule has 0 aromatic rings. The standard InChI is InChI=1S/C7H12O8S2/c8-1-3(9)2-15-5(12)7(14)17-16-6(13)4(10)11/h3,6-9,13-14H,1-2H2,(H,10,11). The van der Waals surface area contributed by atoms with E-state index in [4.69, 9.17) is 25.5 Å². The summed E-state index contributed by atoms with van der Waals surface area (Å²) in [6, 6.07) is 0. The van der Waals surface area contributed by atoms with Crippen LogP contribution in [0.5, 0.6) is 0 Å². The Kier molecular flexibility index (Phi) is 8.29. The van der Waals surface area contributed by atoms with Gasteiger partial charge in [0.2, 0.25) is 10.9 Å². The first kappa shape index (κ1) is 16.5. The maximum absolute atomic E-state index is 11.0. The third-order valence-corrected chi connectivity index (χ3v) is 3.58. The van der Waals surface area contributed by atoms with Crippen molar-refractivity contribution in [2.24, 2.45) is 0 Å². The van der Waals surface area contributed by atoms with Crippen molar-refractivity contribution >= 4 is 33.5 Å². The lowest BCUT2D eigenvalue weighted by Crippen LogP contribution is -2.27. The van der Waals surface area contributed by atoms with E-state index >= 15 is 0 Å². The molecule has 0 spiro atoms. The van der Waals surface area contributed by atoms with Crippen molar-refractivity contribution in [3.8, 4) is 0 Å². The Hall–Kier alpha value is -0.520. The topological polar surface area (TPSA) is 145 Å². The molecular formula is C7H12O8S2. The Balaban J connectivity index is 3.86. The number of hydrogen-bond donors (Lipinski definition) is 5. The van der Waals surface area contributed by atoms with Gasteiger partial charge < -0.3 is 30.3 Å². The average molecular weight is 288 g/mol. The average Bonchev–Trinajstić information content (AvgIpc) is 2.31. The summed E-state index contributed by atoms with van der Waals surface area (Å²) < 4.78 is 4.39. The van der Waals surface area contributed by atoms with E-state index in [-0.39, 0.29) is 0 Å². The highest BCUT2D eigenvalue weighted by Gasteiger charge is 2.23. The Bertz CT molecular complexity index is 260. The summed E-state index contributed by atoms with van der Waals surface area (Å²) in [5.74, 6) is -2.61. The first-order valence-electron chi connectivity index (χ1n) is 4.25. The molecular weight excluding hydrogens is 276 g/mol. The minimum atomic E-state index is -1.77. The molecule has 5 N–H and O–H groups in total. The zero-order chi connectivity index (χ0) is 13.4. The van der Waals surface area contributed by atoms with Crippen LogP contribution in [0.25, 0.3) is 0 Å². The van der Waals surface area contributed by atoms with Gasteiger partial charge in [-0.3, -0.25) is 0 Å². The highest BCUT2D eigenvalue weighted by atomic mass is 33.1. The summed E-state index contributed by atoms with van der Waals surface area (Å²) in [5.41, 5.74) is -3.47. The molecule has 0 rings (SSSR count). The number of carbonyl (C=O) groups excluding carboxylic acids is 1. The fraction of sp³-hybridized carbons (Fsp3) is 0.714. The van der Waals surface area contributed by atoms with Gasteiger partial charge >= 0.3 is 11.9 Å². The predicted molar refractivity (Wildman–Crippen MR) is 58.9 cm³/mol. The molecule has 0 aromatic carbocycles. The molecule has 0 aromatic heterocycles. The molecule has 100 valence electrons. The first-order valence-corrected chi connectivity index (χ1v) is 6.52. The monoisotopic (exact) mass is 288 g/mol. The molecule has 17 heavy (non-hydrogen) atoms.